The second-order valence-corrected chi connectivity index (χ2v) is 7.73. The molecule has 9 heteroatoms. The molecule has 156 valence electrons. The minimum atomic E-state index is -0.420. The zero-order chi connectivity index (χ0) is 21.2. The highest BCUT2D eigenvalue weighted by molar-refractivity contribution is 5.97. The number of halogens is 1. The summed E-state index contributed by atoms with van der Waals surface area (Å²) < 4.78 is 14.1. The largest absolute Gasteiger partial charge is 0.337 e. The van der Waals surface area contributed by atoms with Crippen LogP contribution < -0.4 is 5.32 Å². The number of imidazole rings is 1. The molecule has 8 nitrogen and oxygen atoms in total. The molecule has 1 aromatic carbocycles. The minimum Gasteiger partial charge on any atom is -0.337 e. The fourth-order valence-electron chi connectivity index (χ4n) is 4.08. The van der Waals surface area contributed by atoms with Crippen molar-refractivity contribution in [2.45, 2.75) is 38.0 Å². The minimum absolute atomic E-state index is 0.00160. The monoisotopic (exact) mass is 417 g/mol. The molecular formula is C22H20FN7O. The molecular weight excluding hydrogens is 397 g/mol. The second kappa shape index (κ2) is 8.17. The predicted molar refractivity (Wildman–Crippen MR) is 113 cm³/mol. The van der Waals surface area contributed by atoms with E-state index in [9.17, 15) is 9.18 Å². The lowest BCUT2D eigenvalue weighted by Crippen LogP contribution is -2.16. The lowest BCUT2D eigenvalue weighted by Gasteiger charge is -2.08. The molecule has 31 heavy (non-hydrogen) atoms. The zero-order valence-electron chi connectivity index (χ0n) is 16.7. The third-order valence-electron chi connectivity index (χ3n) is 5.55. The zero-order valence-corrected chi connectivity index (χ0v) is 16.7. The van der Waals surface area contributed by atoms with Crippen LogP contribution in [0.15, 0.2) is 43.0 Å². The highest BCUT2D eigenvalue weighted by Crippen LogP contribution is 2.33. The molecule has 1 aliphatic carbocycles. The fraction of sp³-hybridized carbons (Fsp3) is 0.273. The van der Waals surface area contributed by atoms with E-state index >= 15 is 0 Å². The first kappa shape index (κ1) is 19.2. The average Bonchev–Trinajstić information content (AvgIpc) is 3.44. The quantitative estimate of drug-likeness (QED) is 0.511. The maximum atomic E-state index is 14.1. The van der Waals surface area contributed by atoms with Crippen molar-refractivity contribution in [3.05, 3.63) is 60.2 Å². The second-order valence-electron chi connectivity index (χ2n) is 7.73. The summed E-state index contributed by atoms with van der Waals surface area (Å²) in [6.45, 7) is 0. The number of H-pyrrole nitrogens is 1. The first-order chi connectivity index (χ1) is 15.2. The van der Waals surface area contributed by atoms with Crippen LogP contribution in [0.4, 0.5) is 10.2 Å². The molecule has 0 atom stereocenters. The number of aromatic amines is 1. The lowest BCUT2D eigenvalue weighted by molar-refractivity contribution is -0.115. The smallest absolute Gasteiger partial charge is 0.230 e. The Morgan fingerprint density at radius 3 is 2.81 bits per heavy atom. The van der Waals surface area contributed by atoms with E-state index < -0.39 is 5.82 Å². The van der Waals surface area contributed by atoms with E-state index in [0.717, 1.165) is 24.2 Å². The summed E-state index contributed by atoms with van der Waals surface area (Å²) in [5, 5.41) is 10.4. The summed E-state index contributed by atoms with van der Waals surface area (Å²) in [7, 11) is 0. The number of nitrogens with zero attached hydrogens (tertiary/aromatic N) is 5. The topological polar surface area (TPSA) is 109 Å². The highest BCUT2D eigenvalue weighted by atomic mass is 19.1. The number of amides is 1. The van der Waals surface area contributed by atoms with E-state index in [1.807, 2.05) is 0 Å². The van der Waals surface area contributed by atoms with Gasteiger partial charge in [0.05, 0.1) is 18.8 Å². The molecule has 1 saturated carbocycles. The Hall–Kier alpha value is -3.75. The normalized spacial score (nSPS) is 14.2. The average molecular weight is 417 g/mol. The summed E-state index contributed by atoms with van der Waals surface area (Å²) in [5.74, 6) is 0.940. The highest BCUT2D eigenvalue weighted by Gasteiger charge is 2.22. The van der Waals surface area contributed by atoms with Crippen LogP contribution in [0, 0.1) is 5.82 Å². The molecule has 0 bridgehead atoms. The number of carbonyl (C=O) groups excluding carboxylic acids is 1. The van der Waals surface area contributed by atoms with Gasteiger partial charge in [0.15, 0.2) is 11.5 Å². The molecule has 0 unspecified atom stereocenters. The maximum absolute atomic E-state index is 14.1. The first-order valence-electron chi connectivity index (χ1n) is 10.2. The lowest BCUT2D eigenvalue weighted by atomic mass is 10.0. The van der Waals surface area contributed by atoms with Crippen molar-refractivity contribution in [1.29, 1.82) is 0 Å². The van der Waals surface area contributed by atoms with Crippen molar-refractivity contribution in [1.82, 2.24) is 30.1 Å². The van der Waals surface area contributed by atoms with Gasteiger partial charge in [-0.2, -0.15) is 10.2 Å². The summed E-state index contributed by atoms with van der Waals surface area (Å²) in [6, 6.07) is 6.26. The molecule has 2 N–H and O–H groups in total. The Morgan fingerprint density at radius 1 is 1.13 bits per heavy atom. The van der Waals surface area contributed by atoms with E-state index in [1.165, 1.54) is 37.5 Å². The van der Waals surface area contributed by atoms with Crippen molar-refractivity contribution < 1.29 is 9.18 Å². The van der Waals surface area contributed by atoms with Gasteiger partial charge < -0.3 is 10.3 Å². The summed E-state index contributed by atoms with van der Waals surface area (Å²) in [4.78, 5) is 29.0. The molecule has 5 rings (SSSR count). The van der Waals surface area contributed by atoms with Crippen LogP contribution in [-0.4, -0.2) is 36.0 Å². The van der Waals surface area contributed by atoms with Crippen LogP contribution in [0.2, 0.25) is 0 Å². The van der Waals surface area contributed by atoms with Crippen molar-refractivity contribution in [3.8, 4) is 11.1 Å². The molecule has 3 heterocycles. The van der Waals surface area contributed by atoms with E-state index in [4.69, 9.17) is 0 Å². The predicted octanol–water partition coefficient (Wildman–Crippen LogP) is 3.79. The number of benzene rings is 1. The van der Waals surface area contributed by atoms with E-state index in [1.54, 1.807) is 18.3 Å². The number of hydrogen-bond acceptors (Lipinski definition) is 6. The van der Waals surface area contributed by atoms with Gasteiger partial charge in [-0.1, -0.05) is 18.9 Å². The summed E-state index contributed by atoms with van der Waals surface area (Å²) >= 11 is 0. The number of hydrogen-bond donors (Lipinski definition) is 2. The van der Waals surface area contributed by atoms with Crippen LogP contribution in [0.3, 0.4) is 0 Å². The third-order valence-corrected chi connectivity index (χ3v) is 5.55. The van der Waals surface area contributed by atoms with Gasteiger partial charge in [-0.3, -0.25) is 4.79 Å². The standard InChI is InChI=1S/C22H20FN7O/c23-17-8-13(7-16(10-17)15-5-6-26-27-11-15)9-18(31)28-21-19-22(25-12-24-21)30-20(29-19)14-3-1-2-4-14/h5-8,10-12,14H,1-4,9H2,(H2,24,25,28,29,30,31). The van der Waals surface area contributed by atoms with Crippen LogP contribution in [0.25, 0.3) is 22.3 Å². The summed E-state index contributed by atoms with van der Waals surface area (Å²) in [6.07, 6.45) is 9.07. The van der Waals surface area contributed by atoms with Gasteiger partial charge in [0.2, 0.25) is 5.91 Å². The Kier molecular flexibility index (Phi) is 5.07. The third kappa shape index (κ3) is 4.11. The van der Waals surface area contributed by atoms with Gasteiger partial charge >= 0.3 is 0 Å². The molecule has 1 amide bonds. The van der Waals surface area contributed by atoms with Crippen molar-refractivity contribution in [2.75, 3.05) is 5.32 Å². The van der Waals surface area contributed by atoms with Crippen LogP contribution in [-0.2, 0) is 11.2 Å². The number of nitrogens with one attached hydrogen (secondary N) is 2. The van der Waals surface area contributed by atoms with Gasteiger partial charge in [0.1, 0.15) is 23.5 Å². The maximum Gasteiger partial charge on any atom is 0.230 e. The SMILES string of the molecule is O=C(Cc1cc(F)cc(-c2ccnnc2)c1)Nc1ncnc2nc(C3CCCC3)[nH]c12. The van der Waals surface area contributed by atoms with E-state index in [0.29, 0.717) is 34.0 Å². The van der Waals surface area contributed by atoms with Crippen LogP contribution in [0.1, 0.15) is 43.0 Å². The molecule has 0 aliphatic heterocycles. The molecule has 1 aliphatic rings. The molecule has 4 aromatic rings. The van der Waals surface area contributed by atoms with Crippen LogP contribution in [0.5, 0.6) is 0 Å². The number of rotatable bonds is 5. The Morgan fingerprint density at radius 2 is 2.00 bits per heavy atom. The van der Waals surface area contributed by atoms with Gasteiger partial charge in [0, 0.05) is 11.5 Å². The van der Waals surface area contributed by atoms with Crippen molar-refractivity contribution in [2.24, 2.45) is 0 Å². The number of aromatic nitrogens is 6. The molecule has 3 aromatic heterocycles. The first-order valence-corrected chi connectivity index (χ1v) is 10.2. The van der Waals surface area contributed by atoms with Gasteiger partial charge in [-0.15, -0.1) is 0 Å². The van der Waals surface area contributed by atoms with Gasteiger partial charge in [0.25, 0.3) is 0 Å². The number of anilines is 1. The fourth-order valence-corrected chi connectivity index (χ4v) is 4.08. The van der Waals surface area contributed by atoms with Crippen LogP contribution >= 0.6 is 0 Å². The Labute approximate surface area is 177 Å². The van der Waals surface area contributed by atoms with Crippen molar-refractivity contribution >= 4 is 22.9 Å². The molecule has 1 fully saturated rings. The summed E-state index contributed by atoms with van der Waals surface area (Å²) in [5.41, 5.74) is 3.05. The Balaban J connectivity index is 1.36. The van der Waals surface area contributed by atoms with Gasteiger partial charge in [-0.25, -0.2) is 19.3 Å². The van der Waals surface area contributed by atoms with Crippen molar-refractivity contribution in [3.63, 3.8) is 0 Å². The molecule has 0 radical (unpaired) electrons. The van der Waals surface area contributed by atoms with E-state index in [2.05, 4.69) is 35.5 Å². The van der Waals surface area contributed by atoms with Gasteiger partial charge in [-0.05, 0) is 42.2 Å². The number of carbonyl (C=O) groups is 1. The molecule has 0 saturated heterocycles. The molecule has 0 spiro atoms. The Bertz CT molecular complexity index is 1240. The van der Waals surface area contributed by atoms with E-state index in [-0.39, 0.29) is 12.3 Å². The number of fused-ring (bicyclic) bond motifs is 1.